The van der Waals surface area contributed by atoms with E-state index in [0.29, 0.717) is 16.7 Å². The zero-order valence-electron chi connectivity index (χ0n) is 24.4. The van der Waals surface area contributed by atoms with Gasteiger partial charge in [-0.05, 0) is 54.9 Å². The van der Waals surface area contributed by atoms with Crippen LogP contribution in [0.25, 0.3) is 0 Å². The Morgan fingerprint density at radius 2 is 1.31 bits per heavy atom. The first-order valence-corrected chi connectivity index (χ1v) is 13.1. The van der Waals surface area contributed by atoms with Crippen LogP contribution in [-0.2, 0) is 42.9 Å². The average molecular weight is 551 g/mol. The van der Waals surface area contributed by atoms with Gasteiger partial charge in [0.25, 0.3) is 0 Å². The van der Waals surface area contributed by atoms with Crippen molar-refractivity contribution in [3.8, 4) is 0 Å². The Bertz CT molecular complexity index is 1050. The van der Waals surface area contributed by atoms with Gasteiger partial charge < -0.3 is 28.8 Å². The van der Waals surface area contributed by atoms with E-state index in [1.54, 1.807) is 53.7 Å². The van der Waals surface area contributed by atoms with E-state index in [0.717, 1.165) is 0 Å². The quantitative estimate of drug-likeness (QED) is 0.165. The summed E-state index contributed by atoms with van der Waals surface area (Å²) in [6.45, 7) is 17.9. The van der Waals surface area contributed by atoms with Crippen molar-refractivity contribution in [2.45, 2.75) is 117 Å². The number of rotatable bonds is 7. The van der Waals surface area contributed by atoms with Gasteiger partial charge in [0.2, 0.25) is 0 Å². The van der Waals surface area contributed by atoms with Crippen LogP contribution in [0.5, 0.6) is 0 Å². The van der Waals surface area contributed by atoms with E-state index >= 15 is 0 Å². The Morgan fingerprint density at radius 1 is 0.821 bits per heavy atom. The van der Waals surface area contributed by atoms with Crippen molar-refractivity contribution in [3.63, 3.8) is 0 Å². The maximum absolute atomic E-state index is 13.0. The Balaban J connectivity index is 2.72. The average Bonchev–Trinajstić information content (AvgIpc) is 3.50. The highest BCUT2D eigenvalue weighted by molar-refractivity contribution is 5.88. The molecule has 10 heteroatoms. The number of hydrogen-bond acceptors (Lipinski definition) is 10. The molecule has 0 aromatic rings. The molecule has 1 N–H and O–H groups in total. The maximum Gasteiger partial charge on any atom is 0.333 e. The molecule has 0 aromatic carbocycles. The van der Waals surface area contributed by atoms with Crippen molar-refractivity contribution >= 4 is 23.9 Å². The summed E-state index contributed by atoms with van der Waals surface area (Å²) in [5.74, 6) is -3.33. The van der Waals surface area contributed by atoms with E-state index in [2.05, 4.69) is 6.58 Å². The molecule has 0 radical (unpaired) electrons. The van der Waals surface area contributed by atoms with Gasteiger partial charge in [0, 0.05) is 37.3 Å². The largest absolute Gasteiger partial charge is 0.459 e. The fraction of sp³-hybridized carbons (Fsp3) is 0.655. The molecule has 1 heterocycles. The molecule has 1 aliphatic heterocycles. The minimum absolute atomic E-state index is 0.00589. The minimum atomic E-state index is -1.88. The number of carbonyl (C=O) groups excluding carboxylic acids is 4. The molecule has 1 saturated heterocycles. The molecule has 2 fully saturated rings. The van der Waals surface area contributed by atoms with Gasteiger partial charge in [-0.3, -0.25) is 9.59 Å². The molecular weight excluding hydrogens is 508 g/mol. The van der Waals surface area contributed by atoms with Crippen molar-refractivity contribution in [1.29, 1.82) is 0 Å². The zero-order chi connectivity index (χ0) is 29.9. The lowest BCUT2D eigenvalue weighted by molar-refractivity contribution is -0.198. The Hall–Kier alpha value is -2.98. The van der Waals surface area contributed by atoms with Crippen molar-refractivity contribution in [2.24, 2.45) is 5.92 Å². The summed E-state index contributed by atoms with van der Waals surface area (Å²) in [6.07, 6.45) is -2.13. The van der Waals surface area contributed by atoms with Crippen molar-refractivity contribution < 1.29 is 48.0 Å². The molecule has 0 aromatic heterocycles. The van der Waals surface area contributed by atoms with Gasteiger partial charge in [-0.15, -0.1) is 0 Å². The Morgan fingerprint density at radius 3 is 1.77 bits per heavy atom. The van der Waals surface area contributed by atoms with Crippen LogP contribution in [0, 0.1) is 5.92 Å². The summed E-state index contributed by atoms with van der Waals surface area (Å²) in [5.41, 5.74) is -1.83. The third-order valence-electron chi connectivity index (χ3n) is 7.67. The Kier molecular flexibility index (Phi) is 10.3. The third-order valence-corrected chi connectivity index (χ3v) is 7.67. The van der Waals surface area contributed by atoms with E-state index in [-0.39, 0.29) is 12.8 Å². The molecule has 8 atom stereocenters. The molecule has 218 valence electrons. The first kappa shape index (κ1) is 32.2. The van der Waals surface area contributed by atoms with Crippen molar-refractivity contribution in [3.05, 3.63) is 35.5 Å². The highest BCUT2D eigenvalue weighted by atomic mass is 16.7. The molecule has 0 unspecified atom stereocenters. The molecular formula is C29H42O10. The topological polar surface area (TPSA) is 138 Å². The number of epoxide rings is 1. The molecule has 0 spiro atoms. The predicted molar refractivity (Wildman–Crippen MR) is 141 cm³/mol. The molecule has 10 nitrogen and oxygen atoms in total. The highest BCUT2D eigenvalue weighted by Gasteiger charge is 2.66. The fourth-order valence-corrected chi connectivity index (χ4v) is 4.78. The summed E-state index contributed by atoms with van der Waals surface area (Å²) in [7, 11) is 0. The van der Waals surface area contributed by atoms with E-state index in [9.17, 15) is 24.3 Å². The molecule has 0 bridgehead atoms. The number of hydrogen-bond donors (Lipinski definition) is 1. The minimum Gasteiger partial charge on any atom is -0.459 e. The van der Waals surface area contributed by atoms with E-state index in [4.69, 9.17) is 23.7 Å². The standard InChI is InChI=1S/C29H42O10/c1-11-16(5)26(32)37-22-14-23-29(10,39-23)25(36-19(8)31)24(38-27(33)17(6)12-2)20(15(3)4)13-21(28(22,9)34)35-18(7)30/h11-12,20-25,34H,3,13-14H2,1-2,4-10H3/b16-11-,17-12-/t20-,21-,22+,23-,24+,25+,28+,29-/m1/s1. The van der Waals surface area contributed by atoms with Gasteiger partial charge in [-0.25, -0.2) is 9.59 Å². The lowest BCUT2D eigenvalue weighted by atomic mass is 9.75. The van der Waals surface area contributed by atoms with Crippen LogP contribution in [-0.4, -0.2) is 70.7 Å². The van der Waals surface area contributed by atoms with E-state index in [1.807, 2.05) is 0 Å². The second kappa shape index (κ2) is 12.5. The SMILES string of the molecule is C=C(C)[C@H]1C[C@@H](OC(C)=O)[C@](C)(O)[C@@H](OC(=O)/C(C)=C\C)C[C@H]2O[C@@]2(C)[C@@H](OC(C)=O)[C@H]1OC(=O)/C(C)=C\C. The molecule has 39 heavy (non-hydrogen) atoms. The second-order valence-corrected chi connectivity index (χ2v) is 10.8. The first-order valence-electron chi connectivity index (χ1n) is 13.1. The van der Waals surface area contributed by atoms with Gasteiger partial charge in [-0.2, -0.15) is 0 Å². The van der Waals surface area contributed by atoms with Gasteiger partial charge in [0.15, 0.2) is 6.10 Å². The number of aliphatic hydroxyl groups is 1. The smallest absolute Gasteiger partial charge is 0.333 e. The monoisotopic (exact) mass is 550 g/mol. The summed E-state index contributed by atoms with van der Waals surface area (Å²) in [6, 6.07) is 0. The predicted octanol–water partition coefficient (Wildman–Crippen LogP) is 3.50. The van der Waals surface area contributed by atoms with Gasteiger partial charge in [-0.1, -0.05) is 24.3 Å². The zero-order valence-corrected chi connectivity index (χ0v) is 24.4. The van der Waals surface area contributed by atoms with Crippen molar-refractivity contribution in [1.82, 2.24) is 0 Å². The van der Waals surface area contributed by atoms with Crippen molar-refractivity contribution in [2.75, 3.05) is 0 Å². The number of esters is 4. The lowest BCUT2D eigenvalue weighted by Gasteiger charge is -2.43. The van der Waals surface area contributed by atoms with Gasteiger partial charge in [0.05, 0.1) is 6.10 Å². The third kappa shape index (κ3) is 7.36. The highest BCUT2D eigenvalue weighted by Crippen LogP contribution is 2.50. The first-order chi connectivity index (χ1) is 18.0. The summed E-state index contributed by atoms with van der Waals surface area (Å²) < 4.78 is 29.1. The fourth-order valence-electron chi connectivity index (χ4n) is 4.78. The number of fused-ring (bicyclic) bond motifs is 1. The molecule has 1 saturated carbocycles. The van der Waals surface area contributed by atoms with E-state index in [1.165, 1.54) is 20.8 Å². The molecule has 2 aliphatic rings. The Labute approximate surface area is 230 Å². The molecule has 0 amide bonds. The van der Waals surface area contributed by atoms with Gasteiger partial charge in [0.1, 0.15) is 29.5 Å². The van der Waals surface area contributed by atoms with Crippen LogP contribution in [0.1, 0.15) is 75.2 Å². The van der Waals surface area contributed by atoms with Crippen LogP contribution in [0.3, 0.4) is 0 Å². The van der Waals surface area contributed by atoms with Crippen LogP contribution < -0.4 is 0 Å². The molecule has 1 aliphatic carbocycles. The van der Waals surface area contributed by atoms with Crippen LogP contribution in [0.15, 0.2) is 35.5 Å². The second-order valence-electron chi connectivity index (χ2n) is 10.8. The van der Waals surface area contributed by atoms with Gasteiger partial charge >= 0.3 is 23.9 Å². The van der Waals surface area contributed by atoms with Crippen LogP contribution in [0.4, 0.5) is 0 Å². The summed E-state index contributed by atoms with van der Waals surface area (Å²) in [5, 5.41) is 11.8. The van der Waals surface area contributed by atoms with Crippen LogP contribution in [0.2, 0.25) is 0 Å². The summed E-state index contributed by atoms with van der Waals surface area (Å²) in [4.78, 5) is 50.2. The lowest BCUT2D eigenvalue weighted by Crippen LogP contribution is -2.58. The number of ether oxygens (including phenoxy) is 5. The summed E-state index contributed by atoms with van der Waals surface area (Å²) >= 11 is 0. The van der Waals surface area contributed by atoms with Crippen LogP contribution >= 0.6 is 0 Å². The van der Waals surface area contributed by atoms with E-state index < -0.39 is 71.5 Å². The molecule has 2 rings (SSSR count). The normalized spacial score (nSPS) is 35.1. The number of carbonyl (C=O) groups is 4. The maximum atomic E-state index is 13.0. The number of allylic oxidation sites excluding steroid dienone is 2.